The zero-order valence-electron chi connectivity index (χ0n) is 10.8. The van der Waals surface area contributed by atoms with Gasteiger partial charge in [0.2, 0.25) is 0 Å². The van der Waals surface area contributed by atoms with Gasteiger partial charge in [-0.25, -0.2) is 4.98 Å². The van der Waals surface area contributed by atoms with Gasteiger partial charge >= 0.3 is 0 Å². The summed E-state index contributed by atoms with van der Waals surface area (Å²) in [5.41, 5.74) is 1.49. The minimum Gasteiger partial charge on any atom is -0.381 e. The SMILES string of the molecule is CN(Cc1ccc2nc[nH]c2c1)C(=O)C(C)(C)O. The molecule has 1 amide bonds. The van der Waals surface area contributed by atoms with Crippen LogP contribution in [-0.4, -0.2) is 38.5 Å². The lowest BCUT2D eigenvalue weighted by molar-refractivity contribution is -0.146. The van der Waals surface area contributed by atoms with Crippen molar-refractivity contribution in [1.29, 1.82) is 0 Å². The molecule has 2 rings (SSSR count). The summed E-state index contributed by atoms with van der Waals surface area (Å²) in [6.07, 6.45) is 1.64. The Labute approximate surface area is 105 Å². The maximum Gasteiger partial charge on any atom is 0.253 e. The number of amides is 1. The molecule has 2 aromatic rings. The van der Waals surface area contributed by atoms with Crippen LogP contribution in [0.1, 0.15) is 19.4 Å². The van der Waals surface area contributed by atoms with Crippen molar-refractivity contribution in [3.63, 3.8) is 0 Å². The number of hydrogen-bond acceptors (Lipinski definition) is 3. The number of nitrogens with one attached hydrogen (secondary N) is 1. The van der Waals surface area contributed by atoms with Crippen LogP contribution in [0.25, 0.3) is 11.0 Å². The van der Waals surface area contributed by atoms with Gasteiger partial charge in [-0.2, -0.15) is 0 Å². The van der Waals surface area contributed by atoms with Gasteiger partial charge in [-0.05, 0) is 31.5 Å². The number of carbonyl (C=O) groups excluding carboxylic acids is 1. The molecule has 0 saturated carbocycles. The number of rotatable bonds is 3. The van der Waals surface area contributed by atoms with Gasteiger partial charge in [0.1, 0.15) is 5.60 Å². The highest BCUT2D eigenvalue weighted by molar-refractivity contribution is 5.84. The van der Waals surface area contributed by atoms with E-state index in [9.17, 15) is 9.90 Å². The number of fused-ring (bicyclic) bond motifs is 1. The number of imidazole rings is 1. The van der Waals surface area contributed by atoms with Crippen molar-refractivity contribution in [3.05, 3.63) is 30.1 Å². The molecule has 0 unspecified atom stereocenters. The molecule has 0 fully saturated rings. The molecule has 0 saturated heterocycles. The minimum absolute atomic E-state index is 0.299. The van der Waals surface area contributed by atoms with Gasteiger partial charge in [0, 0.05) is 13.6 Å². The average molecular weight is 247 g/mol. The van der Waals surface area contributed by atoms with Gasteiger partial charge in [-0.3, -0.25) is 4.79 Å². The molecule has 1 aromatic carbocycles. The lowest BCUT2D eigenvalue weighted by Crippen LogP contribution is -2.42. The summed E-state index contributed by atoms with van der Waals surface area (Å²) in [4.78, 5) is 20.5. The van der Waals surface area contributed by atoms with Crippen LogP contribution in [0, 0.1) is 0 Å². The molecule has 0 spiro atoms. The van der Waals surface area contributed by atoms with Gasteiger partial charge in [-0.15, -0.1) is 0 Å². The normalized spacial score (nSPS) is 11.8. The van der Waals surface area contributed by atoms with Gasteiger partial charge in [-0.1, -0.05) is 6.07 Å². The number of carbonyl (C=O) groups is 1. The van der Waals surface area contributed by atoms with Crippen molar-refractivity contribution in [3.8, 4) is 0 Å². The number of aromatic amines is 1. The molecule has 96 valence electrons. The number of nitrogens with zero attached hydrogens (tertiary/aromatic N) is 2. The Balaban J connectivity index is 2.15. The van der Waals surface area contributed by atoms with Crippen molar-refractivity contribution in [2.24, 2.45) is 0 Å². The first-order valence-electron chi connectivity index (χ1n) is 5.78. The highest BCUT2D eigenvalue weighted by atomic mass is 16.3. The molecule has 0 aliphatic carbocycles. The fraction of sp³-hybridized carbons (Fsp3) is 0.385. The predicted octanol–water partition coefficient (Wildman–Crippen LogP) is 1.29. The standard InChI is InChI=1S/C13H17N3O2/c1-13(2,18)12(17)16(3)7-9-4-5-10-11(6-9)15-8-14-10/h4-6,8,18H,7H2,1-3H3,(H,14,15). The van der Waals surface area contributed by atoms with E-state index in [1.807, 2.05) is 18.2 Å². The molecular formula is C13H17N3O2. The van der Waals surface area contributed by atoms with Crippen LogP contribution >= 0.6 is 0 Å². The summed E-state index contributed by atoms with van der Waals surface area (Å²) in [5, 5.41) is 9.67. The Morgan fingerprint density at radius 1 is 1.50 bits per heavy atom. The predicted molar refractivity (Wildman–Crippen MR) is 68.9 cm³/mol. The lowest BCUT2D eigenvalue weighted by Gasteiger charge is -2.25. The average Bonchev–Trinajstić information content (AvgIpc) is 2.73. The smallest absolute Gasteiger partial charge is 0.253 e. The van der Waals surface area contributed by atoms with E-state index in [-0.39, 0.29) is 5.91 Å². The summed E-state index contributed by atoms with van der Waals surface area (Å²) in [5.74, 6) is -0.299. The number of likely N-dealkylation sites (N-methyl/N-ethyl adjacent to an activating group) is 1. The fourth-order valence-electron chi connectivity index (χ4n) is 1.89. The van der Waals surface area contributed by atoms with Gasteiger partial charge < -0.3 is 15.0 Å². The molecule has 5 nitrogen and oxygen atoms in total. The summed E-state index contributed by atoms with van der Waals surface area (Å²) in [7, 11) is 1.68. The largest absolute Gasteiger partial charge is 0.381 e. The van der Waals surface area contributed by atoms with Gasteiger partial charge in [0.15, 0.2) is 0 Å². The topological polar surface area (TPSA) is 69.2 Å². The van der Waals surface area contributed by atoms with E-state index in [1.165, 1.54) is 18.7 Å². The van der Waals surface area contributed by atoms with Crippen molar-refractivity contribution in [1.82, 2.24) is 14.9 Å². The van der Waals surface area contributed by atoms with E-state index >= 15 is 0 Å². The van der Waals surface area contributed by atoms with Crippen LogP contribution in [0.3, 0.4) is 0 Å². The first-order valence-corrected chi connectivity index (χ1v) is 5.78. The van der Waals surface area contributed by atoms with Gasteiger partial charge in [0.05, 0.1) is 17.4 Å². The van der Waals surface area contributed by atoms with Crippen LogP contribution in [0.4, 0.5) is 0 Å². The van der Waals surface area contributed by atoms with E-state index in [0.717, 1.165) is 16.6 Å². The second-order valence-electron chi connectivity index (χ2n) is 4.97. The number of benzene rings is 1. The number of aliphatic hydroxyl groups is 1. The summed E-state index contributed by atoms with van der Waals surface area (Å²) in [6, 6.07) is 5.79. The van der Waals surface area contributed by atoms with Crippen molar-refractivity contribution in [2.45, 2.75) is 26.0 Å². The van der Waals surface area contributed by atoms with Crippen LogP contribution in [0.5, 0.6) is 0 Å². The van der Waals surface area contributed by atoms with Crippen LogP contribution in [0.15, 0.2) is 24.5 Å². The van der Waals surface area contributed by atoms with Crippen molar-refractivity contribution < 1.29 is 9.90 Å². The Morgan fingerprint density at radius 3 is 2.89 bits per heavy atom. The van der Waals surface area contributed by atoms with Crippen molar-refractivity contribution in [2.75, 3.05) is 7.05 Å². The third-order valence-electron chi connectivity index (χ3n) is 2.77. The molecular weight excluding hydrogens is 230 g/mol. The molecule has 18 heavy (non-hydrogen) atoms. The Morgan fingerprint density at radius 2 is 2.22 bits per heavy atom. The number of aromatic nitrogens is 2. The molecule has 2 N–H and O–H groups in total. The third kappa shape index (κ3) is 2.51. The van der Waals surface area contributed by atoms with Crippen LogP contribution in [-0.2, 0) is 11.3 Å². The first kappa shape index (κ1) is 12.6. The summed E-state index contributed by atoms with van der Waals surface area (Å²) < 4.78 is 0. The van der Waals surface area contributed by atoms with Crippen molar-refractivity contribution >= 4 is 16.9 Å². The maximum atomic E-state index is 11.8. The highest BCUT2D eigenvalue weighted by Crippen LogP contribution is 2.14. The molecule has 0 aliphatic rings. The molecule has 0 atom stereocenters. The number of H-pyrrole nitrogens is 1. The summed E-state index contributed by atoms with van der Waals surface area (Å²) in [6.45, 7) is 3.44. The van der Waals surface area contributed by atoms with Crippen LogP contribution in [0.2, 0.25) is 0 Å². The highest BCUT2D eigenvalue weighted by Gasteiger charge is 2.27. The molecule has 0 radical (unpaired) electrons. The van der Waals surface area contributed by atoms with E-state index in [1.54, 1.807) is 13.4 Å². The van der Waals surface area contributed by atoms with E-state index in [4.69, 9.17) is 0 Å². The first-order chi connectivity index (χ1) is 8.38. The second kappa shape index (κ2) is 4.42. The van der Waals surface area contributed by atoms with Gasteiger partial charge in [0.25, 0.3) is 5.91 Å². The maximum absolute atomic E-state index is 11.8. The minimum atomic E-state index is -1.34. The Hall–Kier alpha value is -1.88. The van der Waals surface area contributed by atoms with Crippen LogP contribution < -0.4 is 0 Å². The molecule has 1 aromatic heterocycles. The zero-order valence-corrected chi connectivity index (χ0v) is 10.8. The zero-order chi connectivity index (χ0) is 13.3. The van der Waals surface area contributed by atoms with E-state index < -0.39 is 5.60 Å². The fourth-order valence-corrected chi connectivity index (χ4v) is 1.89. The molecule has 0 bridgehead atoms. The lowest BCUT2D eigenvalue weighted by atomic mass is 10.1. The monoisotopic (exact) mass is 247 g/mol. The Kier molecular flexibility index (Phi) is 3.09. The molecule has 0 aliphatic heterocycles. The Bertz CT molecular complexity index is 569. The van der Waals surface area contributed by atoms with E-state index in [0.29, 0.717) is 6.54 Å². The quantitative estimate of drug-likeness (QED) is 0.858. The third-order valence-corrected chi connectivity index (χ3v) is 2.77. The molecule has 5 heteroatoms. The second-order valence-corrected chi connectivity index (χ2v) is 4.97. The van der Waals surface area contributed by atoms with E-state index in [2.05, 4.69) is 9.97 Å². The summed E-state index contributed by atoms with van der Waals surface area (Å²) >= 11 is 0. The molecule has 1 heterocycles. The number of hydrogen-bond donors (Lipinski definition) is 2.